The molecule has 1 aliphatic carbocycles. The molecule has 1 amide bonds. The molecule has 122 valence electrons. The smallest absolute Gasteiger partial charge is 0.246 e. The van der Waals surface area contributed by atoms with E-state index in [1.165, 1.54) is 19.3 Å². The molecule has 23 heavy (non-hydrogen) atoms. The van der Waals surface area contributed by atoms with Gasteiger partial charge in [0.05, 0.1) is 12.4 Å². The maximum Gasteiger partial charge on any atom is 0.246 e. The number of nitrogens with zero attached hydrogens (tertiary/aromatic N) is 2. The Morgan fingerprint density at radius 1 is 1.22 bits per heavy atom. The first-order chi connectivity index (χ1) is 11.3. The number of hydrogen-bond acceptors (Lipinski definition) is 3. The maximum atomic E-state index is 11.9. The van der Waals surface area contributed by atoms with Crippen molar-refractivity contribution in [2.24, 2.45) is 0 Å². The summed E-state index contributed by atoms with van der Waals surface area (Å²) in [4.78, 5) is 15.9. The Hall–Kier alpha value is -2.14. The van der Waals surface area contributed by atoms with E-state index in [4.69, 9.17) is 4.74 Å². The van der Waals surface area contributed by atoms with Crippen molar-refractivity contribution >= 4 is 5.91 Å². The Labute approximate surface area is 136 Å². The highest BCUT2D eigenvalue weighted by molar-refractivity contribution is 5.77. The Kier molecular flexibility index (Phi) is 5.42. The molecule has 5 heteroatoms. The van der Waals surface area contributed by atoms with E-state index >= 15 is 0 Å². The van der Waals surface area contributed by atoms with Gasteiger partial charge < -0.3 is 14.6 Å². The van der Waals surface area contributed by atoms with Gasteiger partial charge in [-0.3, -0.25) is 4.79 Å². The zero-order valence-electron chi connectivity index (χ0n) is 13.3. The van der Waals surface area contributed by atoms with Gasteiger partial charge in [-0.25, -0.2) is 4.98 Å². The highest BCUT2D eigenvalue weighted by Gasteiger charge is 2.14. The Morgan fingerprint density at radius 3 is 2.70 bits per heavy atom. The van der Waals surface area contributed by atoms with Crippen LogP contribution in [0.25, 0.3) is 5.69 Å². The number of amides is 1. The number of ether oxygens (including phenoxy) is 1. The molecular weight excluding hydrogens is 290 g/mol. The number of nitrogens with one attached hydrogen (secondary N) is 1. The van der Waals surface area contributed by atoms with Crippen LogP contribution in [0.3, 0.4) is 0 Å². The van der Waals surface area contributed by atoms with E-state index in [2.05, 4.69) is 10.3 Å². The lowest BCUT2D eigenvalue weighted by Crippen LogP contribution is -2.30. The van der Waals surface area contributed by atoms with Gasteiger partial charge in [-0.1, -0.05) is 31.4 Å². The predicted octanol–water partition coefficient (Wildman–Crippen LogP) is 2.84. The average molecular weight is 313 g/mol. The van der Waals surface area contributed by atoms with Crippen LogP contribution in [0, 0.1) is 0 Å². The fraction of sp³-hybridized carbons (Fsp3) is 0.444. The molecule has 1 aromatic carbocycles. The minimum absolute atomic E-state index is 0.0470. The summed E-state index contributed by atoms with van der Waals surface area (Å²) in [6.07, 6.45) is 11.6. The van der Waals surface area contributed by atoms with E-state index in [0.717, 1.165) is 24.1 Å². The van der Waals surface area contributed by atoms with Crippen LogP contribution in [0.15, 0.2) is 43.0 Å². The van der Waals surface area contributed by atoms with Crippen LogP contribution in [-0.4, -0.2) is 28.2 Å². The van der Waals surface area contributed by atoms with Gasteiger partial charge in [0.1, 0.15) is 6.61 Å². The molecule has 0 aliphatic heterocycles. The predicted molar refractivity (Wildman–Crippen MR) is 88.2 cm³/mol. The second-order valence-corrected chi connectivity index (χ2v) is 5.98. The fourth-order valence-electron chi connectivity index (χ4n) is 2.87. The molecule has 1 aromatic heterocycles. The molecule has 0 spiro atoms. The number of benzene rings is 1. The monoisotopic (exact) mass is 313 g/mol. The van der Waals surface area contributed by atoms with Gasteiger partial charge >= 0.3 is 0 Å². The van der Waals surface area contributed by atoms with Crippen molar-refractivity contribution in [3.05, 3.63) is 48.5 Å². The van der Waals surface area contributed by atoms with Crippen molar-refractivity contribution in [2.45, 2.75) is 44.8 Å². The average Bonchev–Trinajstić information content (AvgIpc) is 3.14. The molecule has 1 heterocycles. The number of imidazole rings is 1. The molecule has 2 aromatic rings. The summed E-state index contributed by atoms with van der Waals surface area (Å²) in [6.45, 7) is 0.689. The number of rotatable bonds is 6. The largest absolute Gasteiger partial charge is 0.368 e. The number of hydrogen-bond donors (Lipinski definition) is 1. The van der Waals surface area contributed by atoms with Crippen LogP contribution in [0.5, 0.6) is 0 Å². The quantitative estimate of drug-likeness (QED) is 0.892. The normalized spacial score (nSPS) is 15.5. The molecule has 1 saturated carbocycles. The first-order valence-electron chi connectivity index (χ1n) is 8.27. The zero-order chi connectivity index (χ0) is 15.9. The summed E-state index contributed by atoms with van der Waals surface area (Å²) in [5.74, 6) is -0.0470. The molecule has 0 atom stereocenters. The molecule has 0 bridgehead atoms. The highest BCUT2D eigenvalue weighted by atomic mass is 16.5. The van der Waals surface area contributed by atoms with Crippen molar-refractivity contribution < 1.29 is 9.53 Å². The van der Waals surface area contributed by atoms with E-state index in [-0.39, 0.29) is 18.6 Å². The van der Waals surface area contributed by atoms with Gasteiger partial charge in [-0.05, 0) is 30.5 Å². The summed E-state index contributed by atoms with van der Waals surface area (Å²) in [5.41, 5.74) is 2.12. The first kappa shape index (κ1) is 15.7. The van der Waals surface area contributed by atoms with Gasteiger partial charge in [0.15, 0.2) is 0 Å². The van der Waals surface area contributed by atoms with Gasteiger partial charge in [0.2, 0.25) is 5.91 Å². The van der Waals surface area contributed by atoms with Crippen molar-refractivity contribution in [3.8, 4) is 5.69 Å². The molecule has 0 unspecified atom stereocenters. The number of carbonyl (C=O) groups is 1. The minimum Gasteiger partial charge on any atom is -0.368 e. The molecule has 1 N–H and O–H groups in total. The Morgan fingerprint density at radius 2 is 2.00 bits per heavy atom. The summed E-state index contributed by atoms with van der Waals surface area (Å²) in [7, 11) is 0. The van der Waals surface area contributed by atoms with Crippen molar-refractivity contribution in [2.75, 3.05) is 6.61 Å². The summed E-state index contributed by atoms with van der Waals surface area (Å²) >= 11 is 0. The molecule has 1 fully saturated rings. The topological polar surface area (TPSA) is 56.1 Å². The Bertz CT molecular complexity index is 602. The third kappa shape index (κ3) is 4.66. The summed E-state index contributed by atoms with van der Waals surface area (Å²) < 4.78 is 7.62. The lowest BCUT2D eigenvalue weighted by atomic mass is 9.98. The standard InChI is InChI=1S/C18H23N3O2/c22-18(13-23-17-4-2-1-3-5-17)20-12-15-6-8-16(9-7-15)21-11-10-19-14-21/h6-11,14,17H,1-5,12-13H2,(H,20,22). The van der Waals surface area contributed by atoms with E-state index in [0.29, 0.717) is 6.54 Å². The van der Waals surface area contributed by atoms with Crippen molar-refractivity contribution in [3.63, 3.8) is 0 Å². The first-order valence-corrected chi connectivity index (χ1v) is 8.27. The lowest BCUT2D eigenvalue weighted by molar-refractivity contribution is -0.128. The van der Waals surface area contributed by atoms with Crippen molar-refractivity contribution in [1.29, 1.82) is 0 Å². The molecule has 3 rings (SSSR count). The van der Waals surface area contributed by atoms with Gasteiger partial charge in [-0.2, -0.15) is 0 Å². The van der Waals surface area contributed by atoms with Crippen LogP contribution < -0.4 is 5.32 Å². The fourth-order valence-corrected chi connectivity index (χ4v) is 2.87. The van der Waals surface area contributed by atoms with Gasteiger partial charge in [-0.15, -0.1) is 0 Å². The summed E-state index contributed by atoms with van der Waals surface area (Å²) in [5, 5.41) is 2.91. The van der Waals surface area contributed by atoms with Crippen molar-refractivity contribution in [1.82, 2.24) is 14.9 Å². The Balaban J connectivity index is 1.41. The van der Waals surface area contributed by atoms with Crippen LogP contribution >= 0.6 is 0 Å². The van der Waals surface area contributed by atoms with Crippen LogP contribution in [0.2, 0.25) is 0 Å². The van der Waals surface area contributed by atoms with E-state index in [9.17, 15) is 4.79 Å². The van der Waals surface area contributed by atoms with Gasteiger partial charge in [0, 0.05) is 24.6 Å². The molecule has 1 aliphatic rings. The van der Waals surface area contributed by atoms with Crippen LogP contribution in [-0.2, 0) is 16.1 Å². The van der Waals surface area contributed by atoms with E-state index in [1.54, 1.807) is 12.5 Å². The lowest BCUT2D eigenvalue weighted by Gasteiger charge is -2.21. The second-order valence-electron chi connectivity index (χ2n) is 5.98. The highest BCUT2D eigenvalue weighted by Crippen LogP contribution is 2.19. The summed E-state index contributed by atoms with van der Waals surface area (Å²) in [6, 6.07) is 8.05. The van der Waals surface area contributed by atoms with E-state index in [1.807, 2.05) is 35.0 Å². The third-order valence-electron chi connectivity index (χ3n) is 4.23. The minimum atomic E-state index is -0.0470. The third-order valence-corrected chi connectivity index (χ3v) is 4.23. The van der Waals surface area contributed by atoms with Crippen LogP contribution in [0.1, 0.15) is 37.7 Å². The molecule has 5 nitrogen and oxygen atoms in total. The maximum absolute atomic E-state index is 11.9. The number of aromatic nitrogens is 2. The molecule has 0 radical (unpaired) electrons. The zero-order valence-corrected chi connectivity index (χ0v) is 13.3. The second kappa shape index (κ2) is 7.92. The van der Waals surface area contributed by atoms with E-state index < -0.39 is 0 Å². The van der Waals surface area contributed by atoms with Crippen LogP contribution in [0.4, 0.5) is 0 Å². The van der Waals surface area contributed by atoms with Gasteiger partial charge in [0.25, 0.3) is 0 Å². The molecular formula is C18H23N3O2. The number of carbonyl (C=O) groups excluding carboxylic acids is 1. The SMILES string of the molecule is O=C(COC1CCCCC1)NCc1ccc(-n2ccnc2)cc1. The molecule has 0 saturated heterocycles.